The van der Waals surface area contributed by atoms with E-state index in [0.717, 1.165) is 21.3 Å². The van der Waals surface area contributed by atoms with Gasteiger partial charge < -0.3 is 4.74 Å². The van der Waals surface area contributed by atoms with Crippen molar-refractivity contribution in [1.82, 2.24) is 4.72 Å². The highest BCUT2D eigenvalue weighted by Crippen LogP contribution is 2.25. The Morgan fingerprint density at radius 1 is 1.12 bits per heavy atom. The molecule has 0 bridgehead atoms. The van der Waals surface area contributed by atoms with Crippen LogP contribution in [0.15, 0.2) is 53.0 Å². The Balaban J connectivity index is 1.85. The van der Waals surface area contributed by atoms with Crippen molar-refractivity contribution in [2.75, 3.05) is 13.2 Å². The molecular weight excluding hydrogens is 390 g/mol. The van der Waals surface area contributed by atoms with Gasteiger partial charge in [-0.05, 0) is 35.2 Å². The lowest BCUT2D eigenvalue weighted by Crippen LogP contribution is -2.29. The third-order valence-corrected chi connectivity index (χ3v) is 5.32. The van der Waals surface area contributed by atoms with Crippen LogP contribution >= 0.6 is 15.9 Å². The van der Waals surface area contributed by atoms with E-state index in [1.54, 1.807) is 12.1 Å². The van der Waals surface area contributed by atoms with Crippen LogP contribution in [0, 0.1) is 0 Å². The molecule has 0 amide bonds. The van der Waals surface area contributed by atoms with Crippen molar-refractivity contribution >= 4 is 26.0 Å². The van der Waals surface area contributed by atoms with Crippen LogP contribution in [-0.4, -0.2) is 21.6 Å². The summed E-state index contributed by atoms with van der Waals surface area (Å²) in [7, 11) is -3.38. The molecule has 0 spiro atoms. The van der Waals surface area contributed by atoms with Gasteiger partial charge in [-0.25, -0.2) is 13.1 Å². The van der Waals surface area contributed by atoms with Crippen LogP contribution in [0.1, 0.15) is 30.9 Å². The molecular formula is C18H22BrNO3S. The van der Waals surface area contributed by atoms with Gasteiger partial charge >= 0.3 is 0 Å². The third kappa shape index (κ3) is 5.92. The number of rotatable bonds is 8. The summed E-state index contributed by atoms with van der Waals surface area (Å²) in [6.07, 6.45) is 0. The zero-order valence-corrected chi connectivity index (χ0v) is 16.2. The molecule has 0 aliphatic heterocycles. The first kappa shape index (κ1) is 19.0. The maximum atomic E-state index is 12.1. The number of nitrogens with one attached hydrogen (secondary N) is 1. The van der Waals surface area contributed by atoms with Crippen LogP contribution < -0.4 is 9.46 Å². The lowest BCUT2D eigenvalue weighted by atomic mass is 10.0. The van der Waals surface area contributed by atoms with Crippen LogP contribution in [0.5, 0.6) is 5.75 Å². The highest BCUT2D eigenvalue weighted by molar-refractivity contribution is 9.10. The topological polar surface area (TPSA) is 55.4 Å². The zero-order valence-electron chi connectivity index (χ0n) is 13.8. The Morgan fingerprint density at radius 2 is 1.88 bits per heavy atom. The predicted octanol–water partition coefficient (Wildman–Crippen LogP) is 4.07. The summed E-state index contributed by atoms with van der Waals surface area (Å²) in [5.41, 5.74) is 1.86. The fraction of sp³-hybridized carbons (Fsp3) is 0.333. The van der Waals surface area contributed by atoms with Gasteiger partial charge in [-0.3, -0.25) is 0 Å². The Labute approximate surface area is 152 Å². The summed E-state index contributed by atoms with van der Waals surface area (Å²) < 4.78 is 33.4. The summed E-state index contributed by atoms with van der Waals surface area (Å²) in [5.74, 6) is 1.11. The number of hydrogen-bond acceptors (Lipinski definition) is 3. The number of sulfonamides is 1. The molecule has 6 heteroatoms. The van der Waals surface area contributed by atoms with Crippen molar-refractivity contribution in [2.24, 2.45) is 0 Å². The monoisotopic (exact) mass is 411 g/mol. The smallest absolute Gasteiger partial charge is 0.215 e. The van der Waals surface area contributed by atoms with Crippen molar-refractivity contribution in [3.63, 3.8) is 0 Å². The van der Waals surface area contributed by atoms with Gasteiger partial charge in [0.1, 0.15) is 12.4 Å². The quantitative estimate of drug-likeness (QED) is 0.665. The molecule has 0 unspecified atom stereocenters. The summed E-state index contributed by atoms with van der Waals surface area (Å²) >= 11 is 3.34. The molecule has 130 valence electrons. The largest absolute Gasteiger partial charge is 0.492 e. The van der Waals surface area contributed by atoms with E-state index in [4.69, 9.17) is 4.74 Å². The third-order valence-electron chi connectivity index (χ3n) is 3.47. The van der Waals surface area contributed by atoms with Crippen molar-refractivity contribution in [3.05, 3.63) is 64.1 Å². The number of ether oxygens (including phenoxy) is 1. The molecule has 0 fully saturated rings. The van der Waals surface area contributed by atoms with Gasteiger partial charge in [0.05, 0.1) is 5.75 Å². The average molecular weight is 412 g/mol. The van der Waals surface area contributed by atoms with Crippen LogP contribution in [0.2, 0.25) is 0 Å². The second kappa shape index (κ2) is 8.65. The SMILES string of the molecule is CC(C)c1ccccc1OCCNS(=O)(=O)Cc1cccc(Br)c1. The first-order valence-corrected chi connectivity index (χ1v) is 10.3. The summed E-state index contributed by atoms with van der Waals surface area (Å²) in [6, 6.07) is 15.1. The molecule has 0 saturated carbocycles. The highest BCUT2D eigenvalue weighted by atomic mass is 79.9. The average Bonchev–Trinajstić information content (AvgIpc) is 2.51. The number of benzene rings is 2. The van der Waals surface area contributed by atoms with E-state index in [1.165, 1.54) is 0 Å². The van der Waals surface area contributed by atoms with Crippen LogP contribution in [-0.2, 0) is 15.8 Å². The van der Waals surface area contributed by atoms with Crippen LogP contribution in [0.25, 0.3) is 0 Å². The number of para-hydroxylation sites is 1. The van der Waals surface area contributed by atoms with E-state index in [9.17, 15) is 8.42 Å². The Kier molecular flexibility index (Phi) is 6.83. The minimum atomic E-state index is -3.38. The van der Waals surface area contributed by atoms with Gasteiger partial charge in [0.25, 0.3) is 0 Å². The second-order valence-electron chi connectivity index (χ2n) is 5.82. The summed E-state index contributed by atoms with van der Waals surface area (Å²) in [4.78, 5) is 0. The molecule has 2 aromatic carbocycles. The standard InChI is InChI=1S/C18H22BrNO3S/c1-14(2)17-8-3-4-9-18(17)23-11-10-20-24(21,22)13-15-6-5-7-16(19)12-15/h3-9,12,14,20H,10-11,13H2,1-2H3. The number of halogens is 1. The predicted molar refractivity (Wildman–Crippen MR) is 101 cm³/mol. The molecule has 0 aliphatic rings. The van der Waals surface area contributed by atoms with E-state index in [0.29, 0.717) is 12.5 Å². The van der Waals surface area contributed by atoms with Gasteiger partial charge in [0.2, 0.25) is 10.0 Å². The Bertz CT molecular complexity index is 775. The Hall–Kier alpha value is -1.37. The van der Waals surface area contributed by atoms with E-state index in [-0.39, 0.29) is 12.3 Å². The lowest BCUT2D eigenvalue weighted by molar-refractivity contribution is 0.318. The maximum absolute atomic E-state index is 12.1. The minimum Gasteiger partial charge on any atom is -0.492 e. The first-order valence-electron chi connectivity index (χ1n) is 7.81. The molecule has 0 radical (unpaired) electrons. The highest BCUT2D eigenvalue weighted by Gasteiger charge is 2.12. The fourth-order valence-electron chi connectivity index (χ4n) is 2.34. The van der Waals surface area contributed by atoms with Crippen molar-refractivity contribution in [3.8, 4) is 5.75 Å². The fourth-order valence-corrected chi connectivity index (χ4v) is 3.91. The lowest BCUT2D eigenvalue weighted by Gasteiger charge is -2.14. The molecule has 4 nitrogen and oxygen atoms in total. The maximum Gasteiger partial charge on any atom is 0.215 e. The van der Waals surface area contributed by atoms with Gasteiger partial charge in [0.15, 0.2) is 0 Å². The normalized spacial score (nSPS) is 11.7. The van der Waals surface area contributed by atoms with Gasteiger partial charge in [0, 0.05) is 11.0 Å². The molecule has 24 heavy (non-hydrogen) atoms. The van der Waals surface area contributed by atoms with E-state index < -0.39 is 10.0 Å². The molecule has 1 N–H and O–H groups in total. The van der Waals surface area contributed by atoms with E-state index in [2.05, 4.69) is 34.5 Å². The zero-order chi connectivity index (χ0) is 17.6. The molecule has 0 aromatic heterocycles. The molecule has 2 rings (SSSR count). The molecule has 0 heterocycles. The Morgan fingerprint density at radius 3 is 2.58 bits per heavy atom. The second-order valence-corrected chi connectivity index (χ2v) is 8.55. The number of hydrogen-bond donors (Lipinski definition) is 1. The van der Waals surface area contributed by atoms with E-state index in [1.807, 2.05) is 36.4 Å². The van der Waals surface area contributed by atoms with Gasteiger partial charge in [-0.15, -0.1) is 0 Å². The van der Waals surface area contributed by atoms with Crippen molar-refractivity contribution in [1.29, 1.82) is 0 Å². The van der Waals surface area contributed by atoms with Gasteiger partial charge in [-0.2, -0.15) is 0 Å². The van der Waals surface area contributed by atoms with Crippen molar-refractivity contribution < 1.29 is 13.2 Å². The molecule has 0 atom stereocenters. The van der Waals surface area contributed by atoms with Crippen molar-refractivity contribution in [2.45, 2.75) is 25.5 Å². The summed E-state index contributed by atoms with van der Waals surface area (Å²) in [6.45, 7) is 4.73. The first-order chi connectivity index (χ1) is 11.4. The molecule has 2 aromatic rings. The van der Waals surface area contributed by atoms with Crippen LogP contribution in [0.4, 0.5) is 0 Å². The molecule has 0 aliphatic carbocycles. The minimum absolute atomic E-state index is 0.0466. The van der Waals surface area contributed by atoms with Crippen LogP contribution in [0.3, 0.4) is 0 Å². The summed E-state index contributed by atoms with van der Waals surface area (Å²) in [5, 5.41) is 0. The molecule has 0 saturated heterocycles. The van der Waals surface area contributed by atoms with E-state index >= 15 is 0 Å². The van der Waals surface area contributed by atoms with Gasteiger partial charge in [-0.1, -0.05) is 60.1 Å².